The third-order valence-corrected chi connectivity index (χ3v) is 8.55. The number of carbonyl (C=O) groups excluding carboxylic acids is 4. The number of hydrogen-bond acceptors (Lipinski definition) is 6. The minimum Gasteiger partial charge on any atom is -0.373 e. The van der Waals surface area contributed by atoms with E-state index in [4.69, 9.17) is 4.74 Å². The van der Waals surface area contributed by atoms with Crippen molar-refractivity contribution < 1.29 is 37.1 Å². The van der Waals surface area contributed by atoms with Crippen molar-refractivity contribution >= 4 is 23.6 Å². The Kier molecular flexibility index (Phi) is 7.42. The molecule has 4 amide bonds. The number of likely N-dealkylation sites (tertiary alicyclic amines) is 1. The molecule has 2 aliphatic heterocycles. The summed E-state index contributed by atoms with van der Waals surface area (Å²) in [5, 5.41) is 17.0. The number of carbonyl (C=O) groups is 4. The summed E-state index contributed by atoms with van der Waals surface area (Å²) in [7, 11) is 0. The number of rotatable bonds is 9. The first-order valence-electron chi connectivity index (χ1n) is 13.3. The van der Waals surface area contributed by atoms with Crippen molar-refractivity contribution in [3.8, 4) is 6.07 Å². The van der Waals surface area contributed by atoms with E-state index in [1.807, 2.05) is 33.8 Å². The number of hydrogen-bond donors (Lipinski definition) is 3. The second-order valence-corrected chi connectivity index (χ2v) is 12.6. The van der Waals surface area contributed by atoms with E-state index in [1.54, 1.807) is 5.32 Å². The molecule has 216 valence electrons. The van der Waals surface area contributed by atoms with Crippen LogP contribution < -0.4 is 16.0 Å². The first-order chi connectivity index (χ1) is 18.0. The summed E-state index contributed by atoms with van der Waals surface area (Å²) in [6.45, 7) is 9.17. The van der Waals surface area contributed by atoms with Gasteiger partial charge in [-0.15, -0.1) is 0 Å². The van der Waals surface area contributed by atoms with Gasteiger partial charge in [0.1, 0.15) is 18.1 Å². The van der Waals surface area contributed by atoms with Gasteiger partial charge in [0.05, 0.1) is 18.3 Å². The van der Waals surface area contributed by atoms with E-state index in [0.717, 1.165) is 0 Å². The Balaban J connectivity index is 1.52. The number of nitrogens with one attached hydrogen (secondary N) is 3. The predicted octanol–water partition coefficient (Wildman–Crippen LogP) is 1.40. The Morgan fingerprint density at radius 3 is 2.36 bits per heavy atom. The summed E-state index contributed by atoms with van der Waals surface area (Å²) < 4.78 is 44.9. The topological polar surface area (TPSA) is 141 Å². The summed E-state index contributed by atoms with van der Waals surface area (Å²) >= 11 is 0. The normalized spacial score (nSPS) is 30.8. The fourth-order valence-electron chi connectivity index (χ4n) is 6.25. The van der Waals surface area contributed by atoms with Gasteiger partial charge in [0.2, 0.25) is 17.7 Å². The quantitative estimate of drug-likeness (QED) is 0.393. The Morgan fingerprint density at radius 1 is 1.21 bits per heavy atom. The summed E-state index contributed by atoms with van der Waals surface area (Å²) in [6, 6.07) is -1.67. The van der Waals surface area contributed by atoms with E-state index in [2.05, 4.69) is 10.6 Å². The van der Waals surface area contributed by atoms with Crippen LogP contribution in [0.25, 0.3) is 0 Å². The minimum absolute atomic E-state index is 0.0715. The smallest absolute Gasteiger partial charge is 0.373 e. The lowest BCUT2D eigenvalue weighted by molar-refractivity contribution is -0.176. The summed E-state index contributed by atoms with van der Waals surface area (Å²) in [6.07, 6.45) is -4.46. The van der Waals surface area contributed by atoms with E-state index in [9.17, 15) is 37.6 Å². The molecule has 0 spiro atoms. The molecule has 0 bridgehead atoms. The lowest BCUT2D eigenvalue weighted by Gasteiger charge is -2.35. The molecule has 2 saturated carbocycles. The average Bonchev–Trinajstić information content (AvgIpc) is 3.62. The highest BCUT2D eigenvalue weighted by molar-refractivity contribution is 5.95. The molecule has 13 heteroatoms. The second kappa shape index (κ2) is 9.94. The molecule has 2 saturated heterocycles. The van der Waals surface area contributed by atoms with E-state index in [1.165, 1.54) is 11.8 Å². The number of nitriles is 1. The van der Waals surface area contributed by atoms with Crippen LogP contribution in [-0.2, 0) is 23.9 Å². The number of piperidine rings is 1. The zero-order valence-electron chi connectivity index (χ0n) is 22.7. The number of nitrogens with zero attached hydrogens (tertiary/aromatic N) is 2. The molecule has 0 aromatic rings. The van der Waals surface area contributed by atoms with Crippen molar-refractivity contribution in [2.75, 3.05) is 6.54 Å². The van der Waals surface area contributed by atoms with Gasteiger partial charge in [-0.05, 0) is 63.7 Å². The highest BCUT2D eigenvalue weighted by atomic mass is 19.4. The Bertz CT molecular complexity index is 1080. The Labute approximate surface area is 225 Å². The standard InChI is InChI=1S/C26H36F3N5O5/c1-12(39-15-6-7-15)18(32-23(38)26(27,28)29)22(37)34-11-16-17(25(16,4)5)19(34)21(36)31-14(10-30)8-13-9-24(2,3)33-20(13)35/h12-19H,6-9,11H2,1-5H3,(H,31,36)(H,32,38)(H,33,35)/t12-,13-,14+,16?,17?,18+,19?/m1/s1. The molecule has 0 aromatic carbocycles. The molecular weight excluding hydrogens is 519 g/mol. The van der Waals surface area contributed by atoms with Crippen LogP contribution in [0.1, 0.15) is 60.3 Å². The van der Waals surface area contributed by atoms with Crippen LogP contribution in [0, 0.1) is 34.5 Å². The van der Waals surface area contributed by atoms with Gasteiger partial charge in [0, 0.05) is 18.0 Å². The number of alkyl halides is 3. The van der Waals surface area contributed by atoms with Crippen molar-refractivity contribution in [3.63, 3.8) is 0 Å². The number of ether oxygens (including phenoxy) is 1. The highest BCUT2D eigenvalue weighted by Gasteiger charge is 2.70. The Hall–Kier alpha value is -2.88. The van der Waals surface area contributed by atoms with E-state index >= 15 is 0 Å². The fourth-order valence-corrected chi connectivity index (χ4v) is 6.25. The molecule has 2 heterocycles. The summed E-state index contributed by atoms with van der Waals surface area (Å²) in [5.74, 6) is -4.73. The van der Waals surface area contributed by atoms with Crippen molar-refractivity contribution in [2.24, 2.45) is 23.2 Å². The van der Waals surface area contributed by atoms with Crippen LogP contribution in [0.15, 0.2) is 0 Å². The molecular formula is C26H36F3N5O5. The number of halogens is 3. The lowest BCUT2D eigenvalue weighted by atomic mass is 9.91. The minimum atomic E-state index is -5.20. The SMILES string of the molecule is C[C@@H](OC1CC1)[C@H](NC(=O)C(F)(F)F)C(=O)N1CC2C(C1C(=O)N[C@H](C#N)C[C@@H]1CC(C)(C)NC1=O)C2(C)C. The van der Waals surface area contributed by atoms with Crippen LogP contribution >= 0.6 is 0 Å². The first kappa shape index (κ1) is 29.1. The molecule has 39 heavy (non-hydrogen) atoms. The molecule has 2 aliphatic carbocycles. The molecule has 0 radical (unpaired) electrons. The van der Waals surface area contributed by atoms with Crippen molar-refractivity contribution in [3.05, 3.63) is 0 Å². The van der Waals surface area contributed by atoms with Crippen LogP contribution in [-0.4, -0.2) is 77.1 Å². The van der Waals surface area contributed by atoms with Crippen LogP contribution in [0.4, 0.5) is 13.2 Å². The number of fused-ring (bicyclic) bond motifs is 1. The fraction of sp³-hybridized carbons (Fsp3) is 0.808. The maximum absolute atomic E-state index is 13.7. The van der Waals surface area contributed by atoms with Crippen LogP contribution in [0.2, 0.25) is 0 Å². The Morgan fingerprint density at radius 2 is 1.85 bits per heavy atom. The molecule has 7 atom stereocenters. The third-order valence-electron chi connectivity index (χ3n) is 8.55. The van der Waals surface area contributed by atoms with Gasteiger partial charge in [0.15, 0.2) is 0 Å². The third kappa shape index (κ3) is 6.00. The maximum atomic E-state index is 13.7. The van der Waals surface area contributed by atoms with Gasteiger partial charge < -0.3 is 25.6 Å². The molecule has 10 nitrogen and oxygen atoms in total. The van der Waals surface area contributed by atoms with Gasteiger partial charge in [-0.2, -0.15) is 18.4 Å². The molecule has 4 aliphatic rings. The number of amides is 4. The predicted molar refractivity (Wildman–Crippen MR) is 130 cm³/mol. The maximum Gasteiger partial charge on any atom is 0.471 e. The molecule has 3 N–H and O–H groups in total. The van der Waals surface area contributed by atoms with Gasteiger partial charge in [-0.3, -0.25) is 19.2 Å². The summed E-state index contributed by atoms with van der Waals surface area (Å²) in [4.78, 5) is 52.6. The monoisotopic (exact) mass is 555 g/mol. The van der Waals surface area contributed by atoms with Crippen LogP contribution in [0.5, 0.6) is 0 Å². The van der Waals surface area contributed by atoms with Gasteiger partial charge >= 0.3 is 12.1 Å². The molecule has 0 aromatic heterocycles. The molecule has 4 fully saturated rings. The van der Waals surface area contributed by atoms with Gasteiger partial charge in [-0.1, -0.05) is 13.8 Å². The lowest BCUT2D eigenvalue weighted by Crippen LogP contribution is -2.60. The van der Waals surface area contributed by atoms with Crippen molar-refractivity contribution in [2.45, 2.75) is 102 Å². The molecule has 4 rings (SSSR count). The first-order valence-corrected chi connectivity index (χ1v) is 13.3. The zero-order chi connectivity index (χ0) is 29.1. The zero-order valence-corrected chi connectivity index (χ0v) is 22.7. The molecule has 3 unspecified atom stereocenters. The van der Waals surface area contributed by atoms with E-state index in [-0.39, 0.29) is 42.2 Å². The van der Waals surface area contributed by atoms with Gasteiger partial charge in [-0.25, -0.2) is 0 Å². The van der Waals surface area contributed by atoms with Crippen LogP contribution in [0.3, 0.4) is 0 Å². The highest BCUT2D eigenvalue weighted by Crippen LogP contribution is 2.65. The second-order valence-electron chi connectivity index (χ2n) is 12.6. The van der Waals surface area contributed by atoms with Gasteiger partial charge in [0.25, 0.3) is 0 Å². The van der Waals surface area contributed by atoms with Crippen molar-refractivity contribution in [1.29, 1.82) is 5.26 Å². The average molecular weight is 556 g/mol. The van der Waals surface area contributed by atoms with E-state index in [0.29, 0.717) is 19.3 Å². The van der Waals surface area contributed by atoms with Crippen molar-refractivity contribution in [1.82, 2.24) is 20.9 Å². The largest absolute Gasteiger partial charge is 0.471 e. The summed E-state index contributed by atoms with van der Waals surface area (Å²) in [5.41, 5.74) is -0.724. The van der Waals surface area contributed by atoms with E-state index < -0.39 is 59.6 Å².